The minimum atomic E-state index is -0.436. The van der Waals surface area contributed by atoms with Crippen LogP contribution in [0.4, 0.5) is 10.1 Å². The first kappa shape index (κ1) is 21.7. The molecule has 9 heteroatoms. The van der Waals surface area contributed by atoms with Crippen molar-refractivity contribution in [2.24, 2.45) is 7.05 Å². The van der Waals surface area contributed by atoms with Crippen LogP contribution in [0.5, 0.6) is 0 Å². The SMILES string of the molecule is CCOC(=O)c1cnc2c(c(C)nn2C)c1N1CCN(C(=O)c2ccc(C)c(F)c2)CC1. The van der Waals surface area contributed by atoms with E-state index in [1.165, 1.54) is 12.3 Å². The average Bonchev–Trinajstić information content (AvgIpc) is 3.08. The minimum Gasteiger partial charge on any atom is -0.462 e. The van der Waals surface area contributed by atoms with Gasteiger partial charge in [-0.25, -0.2) is 14.2 Å². The van der Waals surface area contributed by atoms with Crippen molar-refractivity contribution in [3.05, 3.63) is 52.6 Å². The van der Waals surface area contributed by atoms with E-state index < -0.39 is 5.97 Å². The standard InChI is InChI=1S/C23H26FN5O3/c1-5-32-23(31)17-13-25-21-19(15(3)26-27(21)4)20(17)28-8-10-29(11-9-28)22(30)16-7-6-14(2)18(24)12-16/h6-7,12-13H,5,8-11H2,1-4H3. The number of hydrogen-bond donors (Lipinski definition) is 0. The highest BCUT2D eigenvalue weighted by Crippen LogP contribution is 2.33. The first-order chi connectivity index (χ1) is 15.3. The highest BCUT2D eigenvalue weighted by atomic mass is 19.1. The lowest BCUT2D eigenvalue weighted by Crippen LogP contribution is -2.49. The fourth-order valence-corrected chi connectivity index (χ4v) is 4.12. The van der Waals surface area contributed by atoms with Crippen LogP contribution in [0.25, 0.3) is 11.0 Å². The van der Waals surface area contributed by atoms with Crippen LogP contribution in [0.3, 0.4) is 0 Å². The normalized spacial score (nSPS) is 14.2. The second-order valence-electron chi connectivity index (χ2n) is 7.89. The quantitative estimate of drug-likeness (QED) is 0.582. The molecule has 3 aromatic rings. The summed E-state index contributed by atoms with van der Waals surface area (Å²) in [4.78, 5) is 33.8. The van der Waals surface area contributed by atoms with Crippen LogP contribution >= 0.6 is 0 Å². The molecule has 0 spiro atoms. The molecule has 4 rings (SSSR count). The summed E-state index contributed by atoms with van der Waals surface area (Å²) in [5.74, 6) is -1.03. The van der Waals surface area contributed by atoms with Gasteiger partial charge >= 0.3 is 5.97 Å². The van der Waals surface area contributed by atoms with Gasteiger partial charge in [0.05, 0.1) is 23.4 Å². The Hall–Kier alpha value is -3.49. The lowest BCUT2D eigenvalue weighted by Gasteiger charge is -2.37. The van der Waals surface area contributed by atoms with E-state index in [9.17, 15) is 14.0 Å². The summed E-state index contributed by atoms with van der Waals surface area (Å²) in [7, 11) is 1.81. The van der Waals surface area contributed by atoms with Gasteiger partial charge in [0.1, 0.15) is 11.4 Å². The molecule has 32 heavy (non-hydrogen) atoms. The largest absolute Gasteiger partial charge is 0.462 e. The molecule has 1 fully saturated rings. The van der Waals surface area contributed by atoms with Crippen LogP contribution in [0, 0.1) is 19.7 Å². The number of piperazine rings is 1. The summed E-state index contributed by atoms with van der Waals surface area (Å²) < 4.78 is 20.9. The van der Waals surface area contributed by atoms with E-state index in [0.29, 0.717) is 48.5 Å². The van der Waals surface area contributed by atoms with E-state index in [1.54, 1.807) is 35.6 Å². The van der Waals surface area contributed by atoms with Gasteiger partial charge in [0.15, 0.2) is 5.65 Å². The molecule has 0 N–H and O–H groups in total. The highest BCUT2D eigenvalue weighted by Gasteiger charge is 2.29. The van der Waals surface area contributed by atoms with Crippen molar-refractivity contribution in [2.45, 2.75) is 20.8 Å². The van der Waals surface area contributed by atoms with E-state index >= 15 is 0 Å². The molecule has 3 heterocycles. The van der Waals surface area contributed by atoms with E-state index in [-0.39, 0.29) is 18.3 Å². The third-order valence-corrected chi connectivity index (χ3v) is 5.80. The first-order valence-electron chi connectivity index (χ1n) is 10.6. The van der Waals surface area contributed by atoms with Crippen molar-refractivity contribution in [2.75, 3.05) is 37.7 Å². The summed E-state index contributed by atoms with van der Waals surface area (Å²) >= 11 is 0. The minimum absolute atomic E-state index is 0.202. The lowest BCUT2D eigenvalue weighted by molar-refractivity contribution is 0.0525. The van der Waals surface area contributed by atoms with Gasteiger partial charge in [-0.2, -0.15) is 5.10 Å². The maximum atomic E-state index is 13.9. The van der Waals surface area contributed by atoms with Crippen LogP contribution < -0.4 is 4.90 Å². The third kappa shape index (κ3) is 3.79. The summed E-state index contributed by atoms with van der Waals surface area (Å²) in [6.45, 7) is 7.49. The number of aryl methyl sites for hydroxylation is 3. The number of aromatic nitrogens is 3. The molecular formula is C23H26FN5O3. The Kier molecular flexibility index (Phi) is 5.82. The zero-order valence-electron chi connectivity index (χ0n) is 18.7. The Morgan fingerprint density at radius 2 is 1.88 bits per heavy atom. The van der Waals surface area contributed by atoms with Crippen molar-refractivity contribution >= 4 is 28.6 Å². The van der Waals surface area contributed by atoms with Crippen molar-refractivity contribution in [3.8, 4) is 0 Å². The third-order valence-electron chi connectivity index (χ3n) is 5.80. The molecule has 1 aliphatic heterocycles. The number of anilines is 1. The number of carbonyl (C=O) groups excluding carboxylic acids is 2. The Morgan fingerprint density at radius 1 is 1.16 bits per heavy atom. The Labute approximate surface area is 185 Å². The van der Waals surface area contributed by atoms with Gasteiger partial charge in [-0.1, -0.05) is 6.07 Å². The number of benzene rings is 1. The van der Waals surface area contributed by atoms with Gasteiger partial charge in [0.2, 0.25) is 0 Å². The maximum absolute atomic E-state index is 13.9. The lowest BCUT2D eigenvalue weighted by atomic mass is 10.1. The molecule has 2 aromatic heterocycles. The van der Waals surface area contributed by atoms with Crippen molar-refractivity contribution in [3.63, 3.8) is 0 Å². The van der Waals surface area contributed by atoms with E-state index in [2.05, 4.69) is 15.0 Å². The van der Waals surface area contributed by atoms with Crippen LogP contribution in [0.1, 0.15) is 38.9 Å². The van der Waals surface area contributed by atoms with Crippen LogP contribution in [0.2, 0.25) is 0 Å². The number of ether oxygens (including phenoxy) is 1. The number of hydrogen-bond acceptors (Lipinski definition) is 6. The van der Waals surface area contributed by atoms with Gasteiger partial charge in [-0.3, -0.25) is 9.48 Å². The second kappa shape index (κ2) is 8.57. The number of carbonyl (C=O) groups is 2. The zero-order valence-corrected chi connectivity index (χ0v) is 18.7. The molecule has 0 radical (unpaired) electrons. The van der Waals surface area contributed by atoms with Gasteiger partial charge in [-0.05, 0) is 38.5 Å². The number of fused-ring (bicyclic) bond motifs is 1. The van der Waals surface area contributed by atoms with E-state index in [1.807, 2.05) is 14.0 Å². The molecule has 1 aromatic carbocycles. The first-order valence-corrected chi connectivity index (χ1v) is 10.6. The van der Waals surface area contributed by atoms with Gasteiger partial charge in [0, 0.05) is 45.0 Å². The molecule has 0 atom stereocenters. The molecule has 1 aliphatic rings. The van der Waals surface area contributed by atoms with Crippen molar-refractivity contribution in [1.29, 1.82) is 0 Å². The van der Waals surface area contributed by atoms with Gasteiger partial charge in [0.25, 0.3) is 5.91 Å². The number of esters is 1. The van der Waals surface area contributed by atoms with Crippen molar-refractivity contribution in [1.82, 2.24) is 19.7 Å². The monoisotopic (exact) mass is 439 g/mol. The summed E-state index contributed by atoms with van der Waals surface area (Å²) in [6.07, 6.45) is 1.53. The number of pyridine rings is 1. The maximum Gasteiger partial charge on any atom is 0.341 e. The Balaban J connectivity index is 1.63. The molecule has 1 saturated heterocycles. The van der Waals surface area contributed by atoms with E-state index in [4.69, 9.17) is 4.74 Å². The number of halogens is 1. The molecule has 0 saturated carbocycles. The number of nitrogens with zero attached hydrogens (tertiary/aromatic N) is 5. The average molecular weight is 439 g/mol. The molecule has 0 bridgehead atoms. The fourth-order valence-electron chi connectivity index (χ4n) is 4.12. The molecule has 0 aliphatic carbocycles. The highest BCUT2D eigenvalue weighted by molar-refractivity contribution is 6.05. The van der Waals surface area contributed by atoms with E-state index in [0.717, 1.165) is 16.8 Å². The number of amides is 1. The Morgan fingerprint density at radius 3 is 2.53 bits per heavy atom. The smallest absolute Gasteiger partial charge is 0.341 e. The van der Waals surface area contributed by atoms with Crippen LogP contribution in [0.15, 0.2) is 24.4 Å². The predicted molar refractivity (Wildman–Crippen MR) is 118 cm³/mol. The second-order valence-corrected chi connectivity index (χ2v) is 7.89. The Bertz CT molecular complexity index is 1200. The number of rotatable bonds is 4. The molecular weight excluding hydrogens is 413 g/mol. The molecule has 8 nitrogen and oxygen atoms in total. The fraction of sp³-hybridized carbons (Fsp3) is 0.391. The molecule has 1 amide bonds. The van der Waals surface area contributed by atoms with Crippen LogP contribution in [-0.4, -0.2) is 64.3 Å². The summed E-state index contributed by atoms with van der Waals surface area (Å²) in [5, 5.41) is 5.27. The zero-order chi connectivity index (χ0) is 23.0. The summed E-state index contributed by atoms with van der Waals surface area (Å²) in [6, 6.07) is 4.55. The molecule has 0 unspecified atom stereocenters. The summed E-state index contributed by atoms with van der Waals surface area (Å²) in [5.41, 5.74) is 3.40. The van der Waals surface area contributed by atoms with Crippen LogP contribution in [-0.2, 0) is 11.8 Å². The van der Waals surface area contributed by atoms with Gasteiger partial charge < -0.3 is 14.5 Å². The van der Waals surface area contributed by atoms with Gasteiger partial charge in [-0.15, -0.1) is 0 Å². The van der Waals surface area contributed by atoms with Crippen molar-refractivity contribution < 1.29 is 18.7 Å². The molecule has 168 valence electrons. The topological polar surface area (TPSA) is 80.6 Å². The predicted octanol–water partition coefficient (Wildman–Crippen LogP) is 2.86.